The lowest BCUT2D eigenvalue weighted by atomic mass is 10.2. The minimum absolute atomic E-state index is 0.847. The third kappa shape index (κ3) is 4.51. The molecule has 0 spiro atoms. The van der Waals surface area contributed by atoms with Gasteiger partial charge in [-0.3, -0.25) is 0 Å². The summed E-state index contributed by atoms with van der Waals surface area (Å²) >= 11 is 1.66. The van der Waals surface area contributed by atoms with Crippen LogP contribution in [0.4, 0.5) is 0 Å². The van der Waals surface area contributed by atoms with E-state index in [1.807, 2.05) is 48.5 Å². The number of thioether (sulfide) groups is 1. The van der Waals surface area contributed by atoms with Crippen LogP contribution in [-0.2, 0) is 0 Å². The summed E-state index contributed by atoms with van der Waals surface area (Å²) < 4.78 is 6.12. The summed E-state index contributed by atoms with van der Waals surface area (Å²) in [6, 6.07) is 28.6. The van der Waals surface area contributed by atoms with Crippen molar-refractivity contribution in [1.82, 2.24) is 0 Å². The van der Waals surface area contributed by atoms with Gasteiger partial charge in [0.2, 0.25) is 0 Å². The first-order valence-corrected chi connectivity index (χ1v) is 8.41. The van der Waals surface area contributed by atoms with Crippen molar-refractivity contribution in [3.63, 3.8) is 0 Å². The Morgan fingerprint density at radius 1 is 0.783 bits per heavy atom. The van der Waals surface area contributed by atoms with E-state index in [0.29, 0.717) is 0 Å². The van der Waals surface area contributed by atoms with Crippen molar-refractivity contribution in [2.24, 2.45) is 0 Å². The number of benzene rings is 3. The topological polar surface area (TPSA) is 9.23 Å². The standard InChI is InChI=1S/C21H18OS/c1-17-12-14-19(15-13-17)22-21(18-8-4-2-5-9-18)16-23-20-10-6-3-7-11-20/h2-16H,1H3/b21-16-. The maximum absolute atomic E-state index is 6.12. The monoisotopic (exact) mass is 318 g/mol. The van der Waals surface area contributed by atoms with Crippen LogP contribution in [-0.4, -0.2) is 0 Å². The van der Waals surface area contributed by atoms with Gasteiger partial charge in [0.15, 0.2) is 0 Å². The van der Waals surface area contributed by atoms with E-state index in [4.69, 9.17) is 4.74 Å². The van der Waals surface area contributed by atoms with Gasteiger partial charge >= 0.3 is 0 Å². The summed E-state index contributed by atoms with van der Waals surface area (Å²) in [6.45, 7) is 2.07. The van der Waals surface area contributed by atoms with Gasteiger partial charge in [-0.25, -0.2) is 0 Å². The van der Waals surface area contributed by atoms with Gasteiger partial charge in [-0.15, -0.1) is 0 Å². The third-order valence-electron chi connectivity index (χ3n) is 3.35. The highest BCUT2D eigenvalue weighted by atomic mass is 32.2. The van der Waals surface area contributed by atoms with Crippen molar-refractivity contribution in [2.75, 3.05) is 0 Å². The van der Waals surface area contributed by atoms with E-state index in [2.05, 4.69) is 48.7 Å². The van der Waals surface area contributed by atoms with Gasteiger partial charge in [0.05, 0.1) is 0 Å². The van der Waals surface area contributed by atoms with Crippen molar-refractivity contribution in [3.05, 3.63) is 101 Å². The molecular formula is C21H18OS. The zero-order chi connectivity index (χ0) is 15.9. The lowest BCUT2D eigenvalue weighted by Gasteiger charge is -2.11. The Morgan fingerprint density at radius 3 is 2.04 bits per heavy atom. The van der Waals surface area contributed by atoms with Crippen molar-refractivity contribution in [2.45, 2.75) is 11.8 Å². The van der Waals surface area contributed by atoms with Crippen LogP contribution in [0.1, 0.15) is 11.1 Å². The molecule has 0 aliphatic rings. The molecule has 114 valence electrons. The molecule has 0 heterocycles. The molecular weight excluding hydrogens is 300 g/mol. The van der Waals surface area contributed by atoms with Gasteiger partial charge in [0, 0.05) is 15.9 Å². The SMILES string of the molecule is Cc1ccc(O/C(=C\Sc2ccccc2)c2ccccc2)cc1. The molecule has 3 rings (SSSR count). The van der Waals surface area contributed by atoms with Crippen LogP contribution in [0.25, 0.3) is 5.76 Å². The Balaban J connectivity index is 1.86. The highest BCUT2D eigenvalue weighted by Crippen LogP contribution is 2.27. The number of rotatable bonds is 5. The minimum atomic E-state index is 0.847. The highest BCUT2D eigenvalue weighted by Gasteiger charge is 2.05. The lowest BCUT2D eigenvalue weighted by molar-refractivity contribution is 0.516. The average molecular weight is 318 g/mol. The number of hydrogen-bond donors (Lipinski definition) is 0. The molecule has 0 saturated carbocycles. The molecule has 3 aromatic rings. The van der Waals surface area contributed by atoms with E-state index in [9.17, 15) is 0 Å². The van der Waals surface area contributed by atoms with Crippen LogP contribution < -0.4 is 4.74 Å². The fraction of sp³-hybridized carbons (Fsp3) is 0.0476. The second-order valence-corrected chi connectivity index (χ2v) is 6.14. The first-order chi connectivity index (χ1) is 11.3. The zero-order valence-corrected chi connectivity index (χ0v) is 13.8. The molecule has 0 aromatic heterocycles. The Labute approximate surface area is 141 Å². The van der Waals surface area contributed by atoms with Gasteiger partial charge in [-0.05, 0) is 31.2 Å². The molecule has 0 unspecified atom stereocenters. The molecule has 23 heavy (non-hydrogen) atoms. The van der Waals surface area contributed by atoms with Crippen molar-refractivity contribution < 1.29 is 4.74 Å². The maximum atomic E-state index is 6.12. The van der Waals surface area contributed by atoms with E-state index >= 15 is 0 Å². The van der Waals surface area contributed by atoms with Gasteiger partial charge in [-0.2, -0.15) is 0 Å². The van der Waals surface area contributed by atoms with Crippen LogP contribution in [0.15, 0.2) is 95.2 Å². The van der Waals surface area contributed by atoms with Crippen LogP contribution in [0, 0.1) is 6.92 Å². The van der Waals surface area contributed by atoms with E-state index < -0.39 is 0 Å². The molecule has 0 fully saturated rings. The van der Waals surface area contributed by atoms with Gasteiger partial charge in [0.25, 0.3) is 0 Å². The summed E-state index contributed by atoms with van der Waals surface area (Å²) in [6.07, 6.45) is 0. The van der Waals surface area contributed by atoms with Gasteiger partial charge in [-0.1, -0.05) is 78.0 Å². The highest BCUT2D eigenvalue weighted by molar-refractivity contribution is 8.02. The van der Waals surface area contributed by atoms with Crippen LogP contribution >= 0.6 is 11.8 Å². The summed E-state index contributed by atoms with van der Waals surface area (Å²) in [5.41, 5.74) is 2.29. The Bertz CT molecular complexity index is 762. The summed E-state index contributed by atoms with van der Waals surface area (Å²) in [4.78, 5) is 1.19. The minimum Gasteiger partial charge on any atom is -0.456 e. The fourth-order valence-corrected chi connectivity index (χ4v) is 2.85. The molecule has 2 heteroatoms. The van der Waals surface area contributed by atoms with Crippen molar-refractivity contribution >= 4 is 17.5 Å². The van der Waals surface area contributed by atoms with E-state index in [-0.39, 0.29) is 0 Å². The molecule has 0 atom stereocenters. The third-order valence-corrected chi connectivity index (χ3v) is 4.23. The Morgan fingerprint density at radius 2 is 1.39 bits per heavy atom. The fourth-order valence-electron chi connectivity index (χ4n) is 2.11. The second kappa shape index (κ2) is 7.70. The molecule has 0 radical (unpaired) electrons. The number of ether oxygens (including phenoxy) is 1. The van der Waals surface area contributed by atoms with Crippen LogP contribution in [0.5, 0.6) is 5.75 Å². The normalized spacial score (nSPS) is 11.3. The molecule has 0 N–H and O–H groups in total. The van der Waals surface area contributed by atoms with E-state index in [1.165, 1.54) is 10.5 Å². The zero-order valence-electron chi connectivity index (χ0n) is 13.0. The van der Waals surface area contributed by atoms with Gasteiger partial charge < -0.3 is 4.74 Å². The van der Waals surface area contributed by atoms with Gasteiger partial charge in [0.1, 0.15) is 11.5 Å². The van der Waals surface area contributed by atoms with Crippen LogP contribution in [0.2, 0.25) is 0 Å². The summed E-state index contributed by atoms with van der Waals surface area (Å²) in [7, 11) is 0. The lowest BCUT2D eigenvalue weighted by Crippen LogP contribution is -1.94. The smallest absolute Gasteiger partial charge is 0.141 e. The number of hydrogen-bond acceptors (Lipinski definition) is 2. The summed E-state index contributed by atoms with van der Waals surface area (Å²) in [5.74, 6) is 1.70. The molecule has 0 aliphatic heterocycles. The van der Waals surface area contributed by atoms with Crippen molar-refractivity contribution in [1.29, 1.82) is 0 Å². The first-order valence-electron chi connectivity index (χ1n) is 7.53. The predicted molar refractivity (Wildman–Crippen MR) is 98.5 cm³/mol. The van der Waals surface area contributed by atoms with Crippen LogP contribution in [0.3, 0.4) is 0 Å². The molecule has 0 aliphatic carbocycles. The first kappa shape index (κ1) is 15.4. The maximum Gasteiger partial charge on any atom is 0.141 e. The van der Waals surface area contributed by atoms with E-state index in [0.717, 1.165) is 17.1 Å². The molecule has 0 bridgehead atoms. The molecule has 0 amide bonds. The Hall–Kier alpha value is -2.45. The Kier molecular flexibility index (Phi) is 5.17. The quantitative estimate of drug-likeness (QED) is 0.411. The molecule has 1 nitrogen and oxygen atoms in total. The van der Waals surface area contributed by atoms with Crippen molar-refractivity contribution in [3.8, 4) is 5.75 Å². The van der Waals surface area contributed by atoms with E-state index in [1.54, 1.807) is 11.8 Å². The largest absolute Gasteiger partial charge is 0.456 e. The summed E-state index contributed by atoms with van der Waals surface area (Å²) in [5, 5.41) is 2.06. The average Bonchev–Trinajstić information content (AvgIpc) is 2.62. The second-order valence-electron chi connectivity index (χ2n) is 5.19. The molecule has 3 aromatic carbocycles. The molecule has 0 saturated heterocycles. The predicted octanol–water partition coefficient (Wildman–Crippen LogP) is 6.16. The number of aryl methyl sites for hydroxylation is 1.